The van der Waals surface area contributed by atoms with Gasteiger partial charge in [0, 0.05) is 11.9 Å². The van der Waals surface area contributed by atoms with Gasteiger partial charge in [0.15, 0.2) is 11.6 Å². The van der Waals surface area contributed by atoms with Gasteiger partial charge in [-0.1, -0.05) is 24.3 Å². The molecular weight excluding hydrogens is 267 g/mol. The monoisotopic (exact) mass is 282 g/mol. The van der Waals surface area contributed by atoms with E-state index in [1.54, 1.807) is 12.1 Å². The average Bonchev–Trinajstić information content (AvgIpc) is 2.50. The van der Waals surface area contributed by atoms with E-state index in [0.717, 1.165) is 16.3 Å². The molecule has 0 spiro atoms. The van der Waals surface area contributed by atoms with Crippen molar-refractivity contribution in [2.75, 3.05) is 0 Å². The minimum atomic E-state index is -0.412. The number of pyridine rings is 1. The highest BCUT2D eigenvalue weighted by Crippen LogP contribution is 2.30. The molecule has 0 amide bonds. The van der Waals surface area contributed by atoms with Crippen LogP contribution in [0.2, 0.25) is 0 Å². The number of hydrogen-bond donors (Lipinski definition) is 1. The van der Waals surface area contributed by atoms with E-state index in [4.69, 9.17) is 10.5 Å². The molecule has 0 radical (unpaired) electrons. The van der Waals surface area contributed by atoms with Crippen LogP contribution in [0.4, 0.5) is 4.39 Å². The van der Waals surface area contributed by atoms with Crippen LogP contribution in [0.3, 0.4) is 0 Å². The van der Waals surface area contributed by atoms with Crippen molar-refractivity contribution in [3.8, 4) is 11.6 Å². The maximum absolute atomic E-state index is 13.9. The molecule has 1 aromatic heterocycles. The highest BCUT2D eigenvalue weighted by Gasteiger charge is 2.10. The standard InChI is InChI=1S/C17H15FN2O/c1-11-6-7-15(18)16(8-11)21-17-14-5-3-2-4-12(14)9-13(10-19)20-17/h2-9H,10,19H2,1H3. The molecule has 0 unspecified atom stereocenters. The van der Waals surface area contributed by atoms with E-state index >= 15 is 0 Å². The molecule has 0 bridgehead atoms. The maximum Gasteiger partial charge on any atom is 0.227 e. The van der Waals surface area contributed by atoms with Crippen LogP contribution in [0.1, 0.15) is 11.3 Å². The Labute approximate surface area is 122 Å². The smallest absolute Gasteiger partial charge is 0.227 e. The third-order valence-electron chi connectivity index (χ3n) is 3.26. The van der Waals surface area contributed by atoms with Crippen LogP contribution in [-0.2, 0) is 6.54 Å². The van der Waals surface area contributed by atoms with Crippen LogP contribution in [0.15, 0.2) is 48.5 Å². The molecule has 0 aliphatic heterocycles. The number of benzene rings is 2. The summed E-state index contributed by atoms with van der Waals surface area (Å²) in [5.74, 6) is 0.129. The predicted octanol–water partition coefficient (Wildman–Crippen LogP) is 3.93. The van der Waals surface area contributed by atoms with Crippen molar-refractivity contribution in [1.29, 1.82) is 0 Å². The fourth-order valence-electron chi connectivity index (χ4n) is 2.20. The molecule has 0 saturated carbocycles. The molecule has 2 N–H and O–H groups in total. The van der Waals surface area contributed by atoms with Crippen LogP contribution < -0.4 is 10.5 Å². The second-order valence-corrected chi connectivity index (χ2v) is 4.88. The van der Waals surface area contributed by atoms with E-state index in [0.29, 0.717) is 18.1 Å². The van der Waals surface area contributed by atoms with Gasteiger partial charge in [-0.25, -0.2) is 9.37 Å². The molecule has 0 fully saturated rings. The first-order valence-electron chi connectivity index (χ1n) is 6.70. The first kappa shape index (κ1) is 13.5. The van der Waals surface area contributed by atoms with Crippen LogP contribution >= 0.6 is 0 Å². The number of rotatable bonds is 3. The molecule has 2 aromatic carbocycles. The van der Waals surface area contributed by atoms with Crippen molar-refractivity contribution in [3.63, 3.8) is 0 Å². The second-order valence-electron chi connectivity index (χ2n) is 4.88. The number of aromatic nitrogens is 1. The largest absolute Gasteiger partial charge is 0.435 e. The van der Waals surface area contributed by atoms with Gasteiger partial charge >= 0.3 is 0 Å². The SMILES string of the molecule is Cc1ccc(F)c(Oc2nc(CN)cc3ccccc23)c1. The molecule has 4 heteroatoms. The number of nitrogens with zero attached hydrogens (tertiary/aromatic N) is 1. The number of hydrogen-bond acceptors (Lipinski definition) is 3. The highest BCUT2D eigenvalue weighted by molar-refractivity contribution is 5.87. The van der Waals surface area contributed by atoms with Crippen molar-refractivity contribution in [3.05, 3.63) is 65.6 Å². The lowest BCUT2D eigenvalue weighted by Crippen LogP contribution is -2.02. The highest BCUT2D eigenvalue weighted by atomic mass is 19.1. The number of aryl methyl sites for hydroxylation is 1. The Morgan fingerprint density at radius 3 is 2.76 bits per heavy atom. The van der Waals surface area contributed by atoms with Crippen molar-refractivity contribution in [2.45, 2.75) is 13.5 Å². The van der Waals surface area contributed by atoms with E-state index in [1.165, 1.54) is 6.07 Å². The van der Waals surface area contributed by atoms with E-state index in [9.17, 15) is 4.39 Å². The van der Waals surface area contributed by atoms with Gasteiger partial charge in [0.1, 0.15) is 0 Å². The van der Waals surface area contributed by atoms with Gasteiger partial charge in [0.2, 0.25) is 5.88 Å². The Bertz CT molecular complexity index is 802. The van der Waals surface area contributed by atoms with Gasteiger partial charge < -0.3 is 10.5 Å². The Hall–Kier alpha value is -2.46. The van der Waals surface area contributed by atoms with Gasteiger partial charge in [-0.05, 0) is 42.1 Å². The van der Waals surface area contributed by atoms with Crippen LogP contribution in [0.5, 0.6) is 11.6 Å². The topological polar surface area (TPSA) is 48.1 Å². The normalized spacial score (nSPS) is 10.8. The summed E-state index contributed by atoms with van der Waals surface area (Å²) in [6, 6.07) is 14.3. The summed E-state index contributed by atoms with van der Waals surface area (Å²) in [4.78, 5) is 4.37. The molecule has 0 aliphatic carbocycles. The van der Waals surface area contributed by atoms with Gasteiger partial charge in [-0.3, -0.25) is 0 Å². The number of fused-ring (bicyclic) bond motifs is 1. The van der Waals surface area contributed by atoms with Gasteiger partial charge in [-0.15, -0.1) is 0 Å². The molecule has 21 heavy (non-hydrogen) atoms. The summed E-state index contributed by atoms with van der Waals surface area (Å²) in [5.41, 5.74) is 7.29. The summed E-state index contributed by atoms with van der Waals surface area (Å²) in [6.07, 6.45) is 0. The Kier molecular flexibility index (Phi) is 3.54. The molecule has 3 nitrogen and oxygen atoms in total. The van der Waals surface area contributed by atoms with Crippen molar-refractivity contribution < 1.29 is 9.13 Å². The lowest BCUT2D eigenvalue weighted by atomic mass is 10.1. The van der Waals surface area contributed by atoms with E-state index in [2.05, 4.69) is 4.98 Å². The van der Waals surface area contributed by atoms with Crippen LogP contribution in [-0.4, -0.2) is 4.98 Å². The zero-order valence-electron chi connectivity index (χ0n) is 11.6. The zero-order valence-corrected chi connectivity index (χ0v) is 11.6. The minimum absolute atomic E-state index is 0.168. The summed E-state index contributed by atoms with van der Waals surface area (Å²) >= 11 is 0. The number of nitrogens with two attached hydrogens (primary N) is 1. The van der Waals surface area contributed by atoms with E-state index in [-0.39, 0.29) is 5.75 Å². The molecule has 0 aliphatic rings. The van der Waals surface area contributed by atoms with Crippen LogP contribution in [0.25, 0.3) is 10.8 Å². The quantitative estimate of drug-likeness (QED) is 0.791. The lowest BCUT2D eigenvalue weighted by Gasteiger charge is -2.11. The van der Waals surface area contributed by atoms with Crippen molar-refractivity contribution >= 4 is 10.8 Å². The fourth-order valence-corrected chi connectivity index (χ4v) is 2.20. The first-order chi connectivity index (χ1) is 10.2. The molecular formula is C17H15FN2O. The number of halogens is 1. The maximum atomic E-state index is 13.9. The average molecular weight is 282 g/mol. The predicted molar refractivity (Wildman–Crippen MR) is 80.8 cm³/mol. The summed E-state index contributed by atoms with van der Waals surface area (Å²) in [6.45, 7) is 2.19. The fraction of sp³-hybridized carbons (Fsp3) is 0.118. The molecule has 106 valence electrons. The molecule has 1 heterocycles. The molecule has 0 atom stereocenters. The number of ether oxygens (including phenoxy) is 1. The van der Waals surface area contributed by atoms with Crippen LogP contribution in [0, 0.1) is 12.7 Å². The zero-order chi connectivity index (χ0) is 14.8. The summed E-state index contributed by atoms with van der Waals surface area (Å²) in [5, 5.41) is 1.80. The Balaban J connectivity index is 2.13. The van der Waals surface area contributed by atoms with E-state index in [1.807, 2.05) is 37.3 Å². The van der Waals surface area contributed by atoms with E-state index < -0.39 is 5.82 Å². The molecule has 3 rings (SSSR count). The summed E-state index contributed by atoms with van der Waals surface area (Å²) < 4.78 is 19.6. The third-order valence-corrected chi connectivity index (χ3v) is 3.26. The van der Waals surface area contributed by atoms with Gasteiger partial charge in [0.05, 0.1) is 5.69 Å². The van der Waals surface area contributed by atoms with Gasteiger partial charge in [-0.2, -0.15) is 0 Å². The lowest BCUT2D eigenvalue weighted by molar-refractivity contribution is 0.430. The van der Waals surface area contributed by atoms with Gasteiger partial charge in [0.25, 0.3) is 0 Å². The third kappa shape index (κ3) is 2.71. The summed E-state index contributed by atoms with van der Waals surface area (Å²) in [7, 11) is 0. The Morgan fingerprint density at radius 1 is 1.14 bits per heavy atom. The minimum Gasteiger partial charge on any atom is -0.435 e. The first-order valence-corrected chi connectivity index (χ1v) is 6.70. The Morgan fingerprint density at radius 2 is 1.95 bits per heavy atom. The van der Waals surface area contributed by atoms with Crippen molar-refractivity contribution in [1.82, 2.24) is 4.98 Å². The molecule has 3 aromatic rings. The van der Waals surface area contributed by atoms with Crippen molar-refractivity contribution in [2.24, 2.45) is 5.73 Å². The molecule has 0 saturated heterocycles. The second kappa shape index (κ2) is 5.50.